The summed E-state index contributed by atoms with van der Waals surface area (Å²) < 4.78 is 44.8. The third-order valence-corrected chi connectivity index (χ3v) is 5.40. The van der Waals surface area contributed by atoms with Crippen LogP contribution in [-0.4, -0.2) is 46.9 Å². The molecule has 0 N–H and O–H groups in total. The predicted molar refractivity (Wildman–Crippen MR) is 87.5 cm³/mol. The average Bonchev–Trinajstić information content (AvgIpc) is 3.20. The number of aromatic nitrogens is 2. The van der Waals surface area contributed by atoms with Gasteiger partial charge in [0.15, 0.2) is 0 Å². The van der Waals surface area contributed by atoms with E-state index in [-0.39, 0.29) is 17.7 Å². The summed E-state index contributed by atoms with van der Waals surface area (Å²) in [5, 5.41) is 3.92. The minimum atomic E-state index is -4.46. The fourth-order valence-corrected chi connectivity index (χ4v) is 3.82. The Morgan fingerprint density at radius 1 is 1.32 bits per heavy atom. The van der Waals surface area contributed by atoms with E-state index in [0.717, 1.165) is 34.9 Å². The molecule has 1 aliphatic heterocycles. The first-order valence-electron chi connectivity index (χ1n) is 7.83. The lowest BCUT2D eigenvalue weighted by molar-refractivity contribution is -0.143. The van der Waals surface area contributed by atoms with Crippen molar-refractivity contribution in [2.75, 3.05) is 20.2 Å². The second-order valence-corrected chi connectivity index (χ2v) is 7.01. The Hall–Kier alpha value is -1.87. The highest BCUT2D eigenvalue weighted by atomic mass is 32.1. The molecule has 25 heavy (non-hydrogen) atoms. The lowest BCUT2D eigenvalue weighted by Crippen LogP contribution is -2.40. The number of piperidine rings is 1. The maximum atomic E-state index is 12.9. The SMILES string of the molecule is COC1CCN(C(=O)c2ccc(-c3cc(C(F)(F)F)n(C)n3)s2)CC1. The van der Waals surface area contributed by atoms with Crippen molar-refractivity contribution in [2.24, 2.45) is 7.05 Å². The maximum absolute atomic E-state index is 12.9. The number of hydrogen-bond donors (Lipinski definition) is 0. The van der Waals surface area contributed by atoms with Gasteiger partial charge in [-0.3, -0.25) is 9.48 Å². The van der Waals surface area contributed by atoms with E-state index in [1.165, 1.54) is 7.05 Å². The monoisotopic (exact) mass is 373 g/mol. The molecule has 1 amide bonds. The molecule has 3 rings (SSSR count). The molecule has 136 valence electrons. The van der Waals surface area contributed by atoms with Crippen LogP contribution < -0.4 is 0 Å². The normalized spacial score (nSPS) is 16.4. The molecule has 9 heteroatoms. The van der Waals surface area contributed by atoms with Crippen molar-refractivity contribution in [3.63, 3.8) is 0 Å². The second-order valence-electron chi connectivity index (χ2n) is 5.93. The third-order valence-electron chi connectivity index (χ3n) is 4.30. The van der Waals surface area contributed by atoms with Crippen molar-refractivity contribution in [2.45, 2.75) is 25.1 Å². The largest absolute Gasteiger partial charge is 0.433 e. The van der Waals surface area contributed by atoms with Gasteiger partial charge in [-0.2, -0.15) is 18.3 Å². The molecule has 0 spiro atoms. The molecule has 0 saturated carbocycles. The first-order valence-corrected chi connectivity index (χ1v) is 8.64. The number of thiophene rings is 1. The summed E-state index contributed by atoms with van der Waals surface area (Å²) in [6.45, 7) is 1.23. The maximum Gasteiger partial charge on any atom is 0.433 e. The Morgan fingerprint density at radius 2 is 2.00 bits per heavy atom. The van der Waals surface area contributed by atoms with Gasteiger partial charge in [0.1, 0.15) is 11.4 Å². The van der Waals surface area contributed by atoms with Gasteiger partial charge in [-0.25, -0.2) is 0 Å². The lowest BCUT2D eigenvalue weighted by Gasteiger charge is -2.30. The zero-order chi connectivity index (χ0) is 18.2. The van der Waals surface area contributed by atoms with E-state index in [4.69, 9.17) is 4.74 Å². The van der Waals surface area contributed by atoms with E-state index in [1.54, 1.807) is 24.1 Å². The Kier molecular flexibility index (Phi) is 4.88. The van der Waals surface area contributed by atoms with E-state index in [1.807, 2.05) is 0 Å². The quantitative estimate of drug-likeness (QED) is 0.828. The summed E-state index contributed by atoms with van der Waals surface area (Å²) >= 11 is 1.16. The van der Waals surface area contributed by atoms with Gasteiger partial charge < -0.3 is 9.64 Å². The summed E-state index contributed by atoms with van der Waals surface area (Å²) in [4.78, 5) is 15.4. The number of carbonyl (C=O) groups excluding carboxylic acids is 1. The first-order chi connectivity index (χ1) is 11.8. The number of rotatable bonds is 3. The molecule has 0 aliphatic carbocycles. The van der Waals surface area contributed by atoms with E-state index in [2.05, 4.69) is 5.10 Å². The van der Waals surface area contributed by atoms with Crippen LogP contribution in [0.1, 0.15) is 28.2 Å². The fourth-order valence-electron chi connectivity index (χ4n) is 2.89. The van der Waals surface area contributed by atoms with Gasteiger partial charge in [0.2, 0.25) is 0 Å². The van der Waals surface area contributed by atoms with Crippen molar-refractivity contribution in [1.82, 2.24) is 14.7 Å². The molecule has 0 atom stereocenters. The number of nitrogens with zero attached hydrogens (tertiary/aromatic N) is 3. The van der Waals surface area contributed by atoms with Gasteiger partial charge in [0, 0.05) is 27.2 Å². The zero-order valence-electron chi connectivity index (χ0n) is 13.8. The molecular formula is C16H18F3N3O2S. The second kappa shape index (κ2) is 6.80. The number of amides is 1. The Balaban J connectivity index is 1.76. The van der Waals surface area contributed by atoms with E-state index < -0.39 is 11.9 Å². The molecule has 5 nitrogen and oxygen atoms in total. The molecule has 0 aromatic carbocycles. The summed E-state index contributed by atoms with van der Waals surface area (Å²) in [6, 6.07) is 4.29. The summed E-state index contributed by atoms with van der Waals surface area (Å²) in [5.74, 6) is -0.0993. The summed E-state index contributed by atoms with van der Waals surface area (Å²) in [7, 11) is 2.92. The van der Waals surface area contributed by atoms with Crippen LogP contribution in [0.4, 0.5) is 13.2 Å². The molecule has 0 bridgehead atoms. The summed E-state index contributed by atoms with van der Waals surface area (Å²) in [5.41, 5.74) is -0.595. The number of likely N-dealkylation sites (tertiary alicyclic amines) is 1. The number of alkyl halides is 3. The molecule has 3 heterocycles. The molecule has 1 fully saturated rings. The van der Waals surface area contributed by atoms with Gasteiger partial charge in [0.05, 0.1) is 15.9 Å². The van der Waals surface area contributed by atoms with E-state index in [9.17, 15) is 18.0 Å². The number of carbonyl (C=O) groups is 1. The van der Waals surface area contributed by atoms with Gasteiger partial charge in [-0.15, -0.1) is 11.3 Å². The highest BCUT2D eigenvalue weighted by Gasteiger charge is 2.35. The van der Waals surface area contributed by atoms with Gasteiger partial charge in [-0.1, -0.05) is 0 Å². The van der Waals surface area contributed by atoms with Crippen LogP contribution in [0.15, 0.2) is 18.2 Å². The van der Waals surface area contributed by atoms with Crippen molar-refractivity contribution < 1.29 is 22.7 Å². The number of methoxy groups -OCH3 is 1. The third kappa shape index (κ3) is 3.72. The standard InChI is InChI=1S/C16H18F3N3O2S/c1-21-14(16(17,18)19)9-11(20-21)12-3-4-13(25-12)15(23)22-7-5-10(24-2)6-8-22/h3-4,9-10H,5-8H2,1-2H3. The minimum absolute atomic E-state index is 0.0993. The van der Waals surface area contributed by atoms with Gasteiger partial charge >= 0.3 is 6.18 Å². The summed E-state index contributed by atoms with van der Waals surface area (Å²) in [6.07, 6.45) is -2.70. The van der Waals surface area contributed by atoms with Crippen LogP contribution >= 0.6 is 11.3 Å². The molecule has 2 aromatic heterocycles. The van der Waals surface area contributed by atoms with Gasteiger partial charge in [-0.05, 0) is 31.0 Å². The fraction of sp³-hybridized carbons (Fsp3) is 0.500. The van der Waals surface area contributed by atoms with Crippen LogP contribution in [0.2, 0.25) is 0 Å². The molecule has 1 saturated heterocycles. The molecular weight excluding hydrogens is 355 g/mol. The van der Waals surface area contributed by atoms with Crippen LogP contribution in [0.25, 0.3) is 10.6 Å². The number of hydrogen-bond acceptors (Lipinski definition) is 4. The number of halogens is 3. The number of ether oxygens (including phenoxy) is 1. The Morgan fingerprint density at radius 3 is 2.56 bits per heavy atom. The first kappa shape index (κ1) is 17.9. The van der Waals surface area contributed by atoms with Crippen LogP contribution in [-0.2, 0) is 18.0 Å². The highest BCUT2D eigenvalue weighted by Crippen LogP contribution is 2.34. The van der Waals surface area contributed by atoms with E-state index >= 15 is 0 Å². The zero-order valence-corrected chi connectivity index (χ0v) is 14.7. The molecule has 1 aliphatic rings. The van der Waals surface area contributed by atoms with Crippen molar-refractivity contribution in [1.29, 1.82) is 0 Å². The topological polar surface area (TPSA) is 47.4 Å². The van der Waals surface area contributed by atoms with E-state index in [0.29, 0.717) is 22.8 Å². The molecule has 2 aromatic rings. The minimum Gasteiger partial charge on any atom is -0.381 e. The Bertz CT molecular complexity index is 761. The lowest BCUT2D eigenvalue weighted by atomic mass is 10.1. The molecule has 0 radical (unpaired) electrons. The number of aryl methyl sites for hydroxylation is 1. The predicted octanol–water partition coefficient (Wildman–Crippen LogP) is 3.42. The smallest absolute Gasteiger partial charge is 0.381 e. The van der Waals surface area contributed by atoms with Crippen LogP contribution in [0, 0.1) is 0 Å². The van der Waals surface area contributed by atoms with Crippen molar-refractivity contribution >= 4 is 17.2 Å². The van der Waals surface area contributed by atoms with Crippen LogP contribution in [0.3, 0.4) is 0 Å². The van der Waals surface area contributed by atoms with Gasteiger partial charge in [0.25, 0.3) is 5.91 Å². The van der Waals surface area contributed by atoms with Crippen molar-refractivity contribution in [3.8, 4) is 10.6 Å². The van der Waals surface area contributed by atoms with Crippen LogP contribution in [0.5, 0.6) is 0 Å². The molecule has 0 unspecified atom stereocenters. The van der Waals surface area contributed by atoms with Crippen molar-refractivity contribution in [3.05, 3.63) is 28.8 Å². The highest BCUT2D eigenvalue weighted by molar-refractivity contribution is 7.17. The average molecular weight is 373 g/mol. The Labute approximate surface area is 147 Å².